The standard InChI is InChI=1S/C15H17N3OS/c1-2-7-18-10-11(9-16-18)13(19)8-15-17-12-5-3-4-6-14(12)20-15/h3-6,9-10,13,19H,2,7-8H2,1H3. The van der Waals surface area contributed by atoms with Crippen LogP contribution in [0.2, 0.25) is 0 Å². The number of para-hydroxylation sites is 1. The second-order valence-corrected chi connectivity index (χ2v) is 5.95. The lowest BCUT2D eigenvalue weighted by Gasteiger charge is -2.05. The molecule has 1 aromatic carbocycles. The average Bonchev–Trinajstić information content (AvgIpc) is 3.04. The number of aliphatic hydroxyl groups excluding tert-OH is 1. The minimum Gasteiger partial charge on any atom is -0.388 e. The van der Waals surface area contributed by atoms with Gasteiger partial charge in [0.05, 0.1) is 27.5 Å². The first-order valence-electron chi connectivity index (χ1n) is 6.81. The lowest BCUT2D eigenvalue weighted by atomic mass is 10.1. The Hall–Kier alpha value is -1.72. The monoisotopic (exact) mass is 287 g/mol. The van der Waals surface area contributed by atoms with Crippen molar-refractivity contribution in [2.75, 3.05) is 0 Å². The highest BCUT2D eigenvalue weighted by atomic mass is 32.1. The van der Waals surface area contributed by atoms with Gasteiger partial charge in [0.1, 0.15) is 0 Å². The third-order valence-electron chi connectivity index (χ3n) is 3.20. The van der Waals surface area contributed by atoms with Crippen LogP contribution in [0, 0.1) is 0 Å². The summed E-state index contributed by atoms with van der Waals surface area (Å²) < 4.78 is 3.04. The Bertz CT molecular complexity index is 671. The quantitative estimate of drug-likeness (QED) is 0.784. The van der Waals surface area contributed by atoms with E-state index in [0.29, 0.717) is 6.42 Å². The molecule has 1 unspecified atom stereocenters. The van der Waals surface area contributed by atoms with Crippen molar-refractivity contribution in [2.24, 2.45) is 0 Å². The summed E-state index contributed by atoms with van der Waals surface area (Å²) in [5.41, 5.74) is 1.86. The van der Waals surface area contributed by atoms with Crippen molar-refractivity contribution < 1.29 is 5.11 Å². The zero-order valence-corrected chi connectivity index (χ0v) is 12.2. The first kappa shape index (κ1) is 13.3. The van der Waals surface area contributed by atoms with Gasteiger partial charge in [0, 0.05) is 24.7 Å². The molecule has 1 atom stereocenters. The highest BCUT2D eigenvalue weighted by molar-refractivity contribution is 7.18. The molecular weight excluding hydrogens is 270 g/mol. The number of rotatable bonds is 5. The molecule has 0 saturated heterocycles. The highest BCUT2D eigenvalue weighted by Gasteiger charge is 2.13. The number of hydrogen-bond acceptors (Lipinski definition) is 4. The van der Waals surface area contributed by atoms with Crippen LogP contribution in [0.3, 0.4) is 0 Å². The maximum atomic E-state index is 10.3. The van der Waals surface area contributed by atoms with E-state index in [2.05, 4.69) is 23.1 Å². The molecule has 0 spiro atoms. The Morgan fingerprint density at radius 1 is 1.35 bits per heavy atom. The van der Waals surface area contributed by atoms with E-state index in [1.165, 1.54) is 0 Å². The first-order chi connectivity index (χ1) is 9.76. The molecule has 3 aromatic rings. The zero-order chi connectivity index (χ0) is 13.9. The lowest BCUT2D eigenvalue weighted by Crippen LogP contribution is -2.01. The number of benzene rings is 1. The van der Waals surface area contributed by atoms with Crippen LogP contribution < -0.4 is 0 Å². The van der Waals surface area contributed by atoms with Gasteiger partial charge in [0.2, 0.25) is 0 Å². The molecule has 0 aliphatic heterocycles. The lowest BCUT2D eigenvalue weighted by molar-refractivity contribution is 0.178. The fraction of sp³-hybridized carbons (Fsp3) is 0.333. The number of aliphatic hydroxyl groups is 1. The largest absolute Gasteiger partial charge is 0.388 e. The highest BCUT2D eigenvalue weighted by Crippen LogP contribution is 2.25. The van der Waals surface area contributed by atoms with E-state index < -0.39 is 6.10 Å². The van der Waals surface area contributed by atoms with E-state index >= 15 is 0 Å². The minimum atomic E-state index is -0.541. The van der Waals surface area contributed by atoms with Gasteiger partial charge in [-0.15, -0.1) is 11.3 Å². The van der Waals surface area contributed by atoms with Crippen molar-refractivity contribution in [2.45, 2.75) is 32.4 Å². The van der Waals surface area contributed by atoms with Crippen molar-refractivity contribution in [1.82, 2.24) is 14.8 Å². The predicted molar refractivity (Wildman–Crippen MR) is 80.8 cm³/mol. The fourth-order valence-corrected chi connectivity index (χ4v) is 3.20. The Morgan fingerprint density at radius 2 is 2.20 bits per heavy atom. The van der Waals surface area contributed by atoms with Crippen molar-refractivity contribution in [3.8, 4) is 0 Å². The number of aryl methyl sites for hydroxylation is 1. The fourth-order valence-electron chi connectivity index (χ4n) is 2.19. The summed E-state index contributed by atoms with van der Waals surface area (Å²) in [6.45, 7) is 2.99. The van der Waals surface area contributed by atoms with Crippen LogP contribution in [0.15, 0.2) is 36.7 Å². The minimum absolute atomic E-state index is 0.539. The Labute approximate surface area is 121 Å². The van der Waals surface area contributed by atoms with Gasteiger partial charge in [-0.05, 0) is 18.6 Å². The van der Waals surface area contributed by atoms with Gasteiger partial charge in [-0.1, -0.05) is 19.1 Å². The number of fused-ring (bicyclic) bond motifs is 1. The summed E-state index contributed by atoms with van der Waals surface area (Å²) in [6, 6.07) is 8.05. The van der Waals surface area contributed by atoms with Gasteiger partial charge in [-0.2, -0.15) is 5.10 Å². The molecule has 2 aromatic heterocycles. The van der Waals surface area contributed by atoms with E-state index in [1.807, 2.05) is 29.1 Å². The molecule has 0 fully saturated rings. The predicted octanol–water partition coefficient (Wildman–Crippen LogP) is 3.18. The van der Waals surface area contributed by atoms with Crippen molar-refractivity contribution >= 4 is 21.6 Å². The van der Waals surface area contributed by atoms with Crippen LogP contribution in [0.1, 0.15) is 30.0 Å². The summed E-state index contributed by atoms with van der Waals surface area (Å²) in [6.07, 6.45) is 4.70. The van der Waals surface area contributed by atoms with Crippen molar-refractivity contribution in [3.63, 3.8) is 0 Å². The number of nitrogens with zero attached hydrogens (tertiary/aromatic N) is 3. The molecule has 2 heterocycles. The van der Waals surface area contributed by atoms with Gasteiger partial charge < -0.3 is 5.11 Å². The number of hydrogen-bond donors (Lipinski definition) is 1. The molecule has 5 heteroatoms. The second kappa shape index (κ2) is 5.73. The number of aromatic nitrogens is 3. The van der Waals surface area contributed by atoms with Gasteiger partial charge in [0.15, 0.2) is 0 Å². The third kappa shape index (κ3) is 2.73. The maximum absolute atomic E-state index is 10.3. The molecule has 0 radical (unpaired) electrons. The first-order valence-corrected chi connectivity index (χ1v) is 7.63. The summed E-state index contributed by atoms with van der Waals surface area (Å²) in [5.74, 6) is 0. The van der Waals surface area contributed by atoms with Crippen LogP contribution in [-0.2, 0) is 13.0 Å². The summed E-state index contributed by atoms with van der Waals surface area (Å²) in [7, 11) is 0. The van der Waals surface area contributed by atoms with E-state index in [-0.39, 0.29) is 0 Å². The molecule has 0 saturated carbocycles. The van der Waals surface area contributed by atoms with E-state index in [0.717, 1.165) is 33.8 Å². The Kier molecular flexibility index (Phi) is 3.80. The second-order valence-electron chi connectivity index (χ2n) is 4.83. The normalized spacial score (nSPS) is 12.9. The molecular formula is C15H17N3OS. The van der Waals surface area contributed by atoms with Crippen LogP contribution in [0.5, 0.6) is 0 Å². The smallest absolute Gasteiger partial charge is 0.0967 e. The molecule has 0 bridgehead atoms. The summed E-state index contributed by atoms with van der Waals surface area (Å²) in [4.78, 5) is 4.55. The van der Waals surface area contributed by atoms with E-state index in [1.54, 1.807) is 17.5 Å². The molecule has 20 heavy (non-hydrogen) atoms. The maximum Gasteiger partial charge on any atom is 0.0967 e. The van der Waals surface area contributed by atoms with Gasteiger partial charge in [-0.25, -0.2) is 4.98 Å². The molecule has 3 rings (SSSR count). The summed E-state index contributed by atoms with van der Waals surface area (Å²) >= 11 is 1.64. The van der Waals surface area contributed by atoms with Crippen molar-refractivity contribution in [3.05, 3.63) is 47.2 Å². The van der Waals surface area contributed by atoms with E-state index in [9.17, 15) is 5.11 Å². The molecule has 0 aliphatic rings. The SMILES string of the molecule is CCCn1cc(C(O)Cc2nc3ccccc3s2)cn1. The third-order valence-corrected chi connectivity index (χ3v) is 4.26. The molecule has 1 N–H and O–H groups in total. The average molecular weight is 287 g/mol. The number of thiazole rings is 1. The Morgan fingerprint density at radius 3 is 3.00 bits per heavy atom. The zero-order valence-electron chi connectivity index (χ0n) is 11.4. The van der Waals surface area contributed by atoms with Crippen LogP contribution >= 0.6 is 11.3 Å². The molecule has 0 aliphatic carbocycles. The topological polar surface area (TPSA) is 50.9 Å². The summed E-state index contributed by atoms with van der Waals surface area (Å²) in [5, 5.41) is 15.5. The van der Waals surface area contributed by atoms with Gasteiger partial charge in [-0.3, -0.25) is 4.68 Å². The van der Waals surface area contributed by atoms with Gasteiger partial charge >= 0.3 is 0 Å². The van der Waals surface area contributed by atoms with E-state index in [4.69, 9.17) is 0 Å². The Balaban J connectivity index is 1.75. The van der Waals surface area contributed by atoms with Crippen LogP contribution in [0.25, 0.3) is 10.2 Å². The van der Waals surface area contributed by atoms with Crippen LogP contribution in [-0.4, -0.2) is 19.9 Å². The van der Waals surface area contributed by atoms with Gasteiger partial charge in [0.25, 0.3) is 0 Å². The molecule has 4 nitrogen and oxygen atoms in total. The molecule has 0 amide bonds. The van der Waals surface area contributed by atoms with Crippen LogP contribution in [0.4, 0.5) is 0 Å². The van der Waals surface area contributed by atoms with Crippen molar-refractivity contribution in [1.29, 1.82) is 0 Å². The molecule has 104 valence electrons.